The van der Waals surface area contributed by atoms with Gasteiger partial charge in [-0.1, -0.05) is 12.1 Å². The number of aryl methyl sites for hydroxylation is 1. The number of nitrogens with one attached hydrogen (secondary N) is 1. The van der Waals surface area contributed by atoms with E-state index in [2.05, 4.69) is 20.4 Å². The molecule has 0 aliphatic carbocycles. The van der Waals surface area contributed by atoms with Crippen LogP contribution in [-0.2, 0) is 12.8 Å². The Kier molecular flexibility index (Phi) is 4.07. The van der Waals surface area contributed by atoms with Gasteiger partial charge in [-0.2, -0.15) is 4.98 Å². The number of rotatable bonds is 5. The van der Waals surface area contributed by atoms with Crippen LogP contribution in [0.5, 0.6) is 0 Å². The Morgan fingerprint density at radius 2 is 2.32 bits per heavy atom. The van der Waals surface area contributed by atoms with Gasteiger partial charge < -0.3 is 15.6 Å². The minimum atomic E-state index is -0.202. The van der Waals surface area contributed by atoms with E-state index in [9.17, 15) is 4.79 Å². The fraction of sp³-hybridized carbons (Fsp3) is 0.333. The Bertz CT molecular complexity index is 550. The van der Waals surface area contributed by atoms with Crippen LogP contribution in [0.15, 0.2) is 22.9 Å². The van der Waals surface area contributed by atoms with Crippen molar-refractivity contribution < 1.29 is 9.32 Å². The lowest BCUT2D eigenvalue weighted by Gasteiger charge is -2.03. The molecule has 0 aliphatic heterocycles. The Balaban J connectivity index is 1.82. The molecule has 0 unspecified atom stereocenters. The molecule has 7 heteroatoms. The highest BCUT2D eigenvalue weighted by molar-refractivity contribution is 5.93. The van der Waals surface area contributed by atoms with Gasteiger partial charge in [0.15, 0.2) is 5.82 Å². The van der Waals surface area contributed by atoms with E-state index < -0.39 is 0 Å². The fourth-order valence-corrected chi connectivity index (χ4v) is 1.46. The maximum atomic E-state index is 11.8. The van der Waals surface area contributed by atoms with Crippen LogP contribution in [0.25, 0.3) is 0 Å². The van der Waals surface area contributed by atoms with Gasteiger partial charge in [-0.05, 0) is 12.1 Å². The minimum absolute atomic E-state index is 0.202. The van der Waals surface area contributed by atoms with Crippen LogP contribution in [0.3, 0.4) is 0 Å². The fourth-order valence-electron chi connectivity index (χ4n) is 1.46. The third-order valence-corrected chi connectivity index (χ3v) is 2.50. The second-order valence-electron chi connectivity index (χ2n) is 3.94. The van der Waals surface area contributed by atoms with E-state index in [1.54, 1.807) is 12.1 Å². The highest BCUT2D eigenvalue weighted by Crippen LogP contribution is 2.01. The molecule has 0 saturated carbocycles. The van der Waals surface area contributed by atoms with Crippen LogP contribution in [0.4, 0.5) is 5.82 Å². The van der Waals surface area contributed by atoms with Crippen molar-refractivity contribution >= 4 is 11.7 Å². The third kappa shape index (κ3) is 3.51. The van der Waals surface area contributed by atoms with Crippen LogP contribution in [0, 0.1) is 0 Å². The third-order valence-electron chi connectivity index (χ3n) is 2.50. The van der Waals surface area contributed by atoms with Crippen molar-refractivity contribution in [3.8, 4) is 0 Å². The number of carbonyl (C=O) groups is 1. The van der Waals surface area contributed by atoms with Gasteiger partial charge in [-0.15, -0.1) is 0 Å². The van der Waals surface area contributed by atoms with Crippen molar-refractivity contribution in [2.75, 3.05) is 12.3 Å². The Labute approximate surface area is 110 Å². The van der Waals surface area contributed by atoms with Crippen molar-refractivity contribution in [1.82, 2.24) is 20.4 Å². The number of hydrogen-bond acceptors (Lipinski definition) is 6. The van der Waals surface area contributed by atoms with E-state index in [-0.39, 0.29) is 5.91 Å². The molecule has 2 aromatic rings. The van der Waals surface area contributed by atoms with Gasteiger partial charge in [-0.3, -0.25) is 4.79 Å². The summed E-state index contributed by atoms with van der Waals surface area (Å²) in [6.45, 7) is 2.37. The highest BCUT2D eigenvalue weighted by atomic mass is 16.5. The summed E-state index contributed by atoms with van der Waals surface area (Å²) < 4.78 is 4.97. The summed E-state index contributed by atoms with van der Waals surface area (Å²) in [6, 6.07) is 3.21. The standard InChI is InChI=1S/C12H15N5O2/c1-2-11-16-10(17-19-11)5-6-14-12(18)8-3-4-9(13)15-7-8/h3-4,7H,2,5-6H2,1H3,(H2,13,15)(H,14,18). The van der Waals surface area contributed by atoms with Crippen molar-refractivity contribution in [3.05, 3.63) is 35.6 Å². The first-order chi connectivity index (χ1) is 9.19. The molecule has 2 rings (SSSR count). The number of aromatic nitrogens is 3. The maximum Gasteiger partial charge on any atom is 0.252 e. The molecule has 0 spiro atoms. The topological polar surface area (TPSA) is 107 Å². The summed E-state index contributed by atoms with van der Waals surface area (Å²) in [7, 11) is 0. The molecule has 0 aromatic carbocycles. The van der Waals surface area contributed by atoms with Crippen LogP contribution in [-0.4, -0.2) is 27.6 Å². The van der Waals surface area contributed by atoms with E-state index >= 15 is 0 Å². The summed E-state index contributed by atoms with van der Waals surface area (Å²) in [4.78, 5) is 19.8. The number of nitrogen functional groups attached to an aromatic ring is 1. The predicted molar refractivity (Wildman–Crippen MR) is 68.4 cm³/mol. The molecule has 1 amide bonds. The number of nitrogens with two attached hydrogens (primary N) is 1. The van der Waals surface area contributed by atoms with Gasteiger partial charge in [0.25, 0.3) is 5.91 Å². The van der Waals surface area contributed by atoms with Crippen molar-refractivity contribution in [2.45, 2.75) is 19.8 Å². The number of carbonyl (C=O) groups excluding carboxylic acids is 1. The van der Waals surface area contributed by atoms with Gasteiger partial charge in [0.05, 0.1) is 5.56 Å². The highest BCUT2D eigenvalue weighted by Gasteiger charge is 2.07. The molecule has 0 saturated heterocycles. The molecule has 19 heavy (non-hydrogen) atoms. The van der Waals surface area contributed by atoms with Gasteiger partial charge >= 0.3 is 0 Å². The number of amides is 1. The van der Waals surface area contributed by atoms with Crippen molar-refractivity contribution in [3.63, 3.8) is 0 Å². The molecule has 0 atom stereocenters. The van der Waals surface area contributed by atoms with Crippen LogP contribution >= 0.6 is 0 Å². The molecule has 0 fully saturated rings. The van der Waals surface area contributed by atoms with Crippen molar-refractivity contribution in [1.29, 1.82) is 0 Å². The van der Waals surface area contributed by atoms with E-state index in [4.69, 9.17) is 10.3 Å². The molecule has 3 N–H and O–H groups in total. The molecule has 0 radical (unpaired) electrons. The molecule has 2 aromatic heterocycles. The zero-order valence-electron chi connectivity index (χ0n) is 10.6. The van der Waals surface area contributed by atoms with E-state index in [0.29, 0.717) is 42.5 Å². The lowest BCUT2D eigenvalue weighted by molar-refractivity contribution is 0.0953. The number of anilines is 1. The number of nitrogens with zero attached hydrogens (tertiary/aromatic N) is 3. The molecule has 100 valence electrons. The normalized spacial score (nSPS) is 10.4. The second kappa shape index (κ2) is 5.94. The molecule has 0 aliphatic rings. The van der Waals surface area contributed by atoms with Gasteiger partial charge in [-0.25, -0.2) is 4.98 Å². The van der Waals surface area contributed by atoms with Crippen LogP contribution in [0.1, 0.15) is 29.0 Å². The Hall–Kier alpha value is -2.44. The number of pyridine rings is 1. The van der Waals surface area contributed by atoms with E-state index in [1.807, 2.05) is 6.92 Å². The first-order valence-corrected chi connectivity index (χ1v) is 6.00. The number of hydrogen-bond donors (Lipinski definition) is 2. The first kappa shape index (κ1) is 13.0. The Morgan fingerprint density at radius 1 is 1.47 bits per heavy atom. The SMILES string of the molecule is CCc1nc(CCNC(=O)c2ccc(N)nc2)no1. The molecule has 7 nitrogen and oxygen atoms in total. The van der Waals surface area contributed by atoms with E-state index in [1.165, 1.54) is 6.20 Å². The van der Waals surface area contributed by atoms with Crippen LogP contribution in [0.2, 0.25) is 0 Å². The zero-order valence-corrected chi connectivity index (χ0v) is 10.6. The summed E-state index contributed by atoms with van der Waals surface area (Å²) in [5, 5.41) is 6.55. The summed E-state index contributed by atoms with van der Waals surface area (Å²) in [5.74, 6) is 1.37. The Morgan fingerprint density at radius 3 is 2.95 bits per heavy atom. The smallest absolute Gasteiger partial charge is 0.252 e. The molecular formula is C12H15N5O2. The molecular weight excluding hydrogens is 246 g/mol. The van der Waals surface area contributed by atoms with Gasteiger partial charge in [0, 0.05) is 25.6 Å². The molecule has 0 bridgehead atoms. The average Bonchev–Trinajstić information content (AvgIpc) is 2.87. The van der Waals surface area contributed by atoms with Gasteiger partial charge in [0.1, 0.15) is 5.82 Å². The monoisotopic (exact) mass is 261 g/mol. The lowest BCUT2D eigenvalue weighted by Crippen LogP contribution is -2.26. The lowest BCUT2D eigenvalue weighted by atomic mass is 10.2. The summed E-state index contributed by atoms with van der Waals surface area (Å²) in [5.41, 5.74) is 5.92. The van der Waals surface area contributed by atoms with Crippen LogP contribution < -0.4 is 11.1 Å². The first-order valence-electron chi connectivity index (χ1n) is 6.00. The second-order valence-corrected chi connectivity index (χ2v) is 3.94. The summed E-state index contributed by atoms with van der Waals surface area (Å²) in [6.07, 6.45) is 2.67. The van der Waals surface area contributed by atoms with E-state index in [0.717, 1.165) is 0 Å². The molecule has 2 heterocycles. The average molecular weight is 261 g/mol. The zero-order chi connectivity index (χ0) is 13.7. The maximum absolute atomic E-state index is 11.8. The van der Waals surface area contributed by atoms with Gasteiger partial charge in [0.2, 0.25) is 5.89 Å². The largest absolute Gasteiger partial charge is 0.384 e. The summed E-state index contributed by atoms with van der Waals surface area (Å²) >= 11 is 0. The quantitative estimate of drug-likeness (QED) is 0.815. The predicted octanol–water partition coefficient (Wildman–Crippen LogP) is 0.582. The minimum Gasteiger partial charge on any atom is -0.384 e. The van der Waals surface area contributed by atoms with Crippen molar-refractivity contribution in [2.24, 2.45) is 0 Å².